The zero-order valence-electron chi connectivity index (χ0n) is 9.41. The molecule has 96 valence electrons. The third-order valence-corrected chi connectivity index (χ3v) is 1.95. The summed E-state index contributed by atoms with van der Waals surface area (Å²) in [6.45, 7) is 1.61. The first-order valence-corrected chi connectivity index (χ1v) is 4.94. The molecule has 1 aromatic carbocycles. The lowest BCUT2D eigenvalue weighted by molar-refractivity contribution is -0.274. The smallest absolute Gasteiger partial charge is 0.406 e. The molecule has 0 bridgehead atoms. The van der Waals surface area contributed by atoms with E-state index < -0.39 is 18.3 Å². The molecule has 0 saturated heterocycles. The second kappa shape index (κ2) is 5.45. The van der Waals surface area contributed by atoms with Crippen molar-refractivity contribution in [3.8, 4) is 18.1 Å². The number of rotatable bonds is 3. The van der Waals surface area contributed by atoms with Crippen molar-refractivity contribution in [2.24, 2.45) is 0 Å². The highest BCUT2D eigenvalue weighted by Crippen LogP contribution is 2.22. The Morgan fingerprint density at radius 2 is 1.94 bits per heavy atom. The van der Waals surface area contributed by atoms with Gasteiger partial charge >= 0.3 is 6.36 Å². The molecular formula is C12H10F3NO2. The minimum atomic E-state index is -4.75. The van der Waals surface area contributed by atoms with E-state index in [1.807, 2.05) is 0 Å². The Balaban J connectivity index is 2.71. The third-order valence-electron chi connectivity index (χ3n) is 1.95. The minimum Gasteiger partial charge on any atom is -0.406 e. The van der Waals surface area contributed by atoms with Crippen LogP contribution in [0, 0.1) is 12.3 Å². The Kier molecular flexibility index (Phi) is 4.21. The number of amides is 1. The van der Waals surface area contributed by atoms with Crippen LogP contribution in [0.5, 0.6) is 5.75 Å². The summed E-state index contributed by atoms with van der Waals surface area (Å²) in [5.41, 5.74) is 0.201. The van der Waals surface area contributed by atoms with E-state index in [4.69, 9.17) is 6.42 Å². The highest BCUT2D eigenvalue weighted by atomic mass is 19.4. The van der Waals surface area contributed by atoms with E-state index in [2.05, 4.69) is 16.0 Å². The normalized spacial score (nSPS) is 12.4. The fraction of sp³-hybridized carbons (Fsp3) is 0.250. The number of carbonyl (C=O) groups excluding carboxylic acids is 1. The van der Waals surface area contributed by atoms with Gasteiger partial charge in [-0.1, -0.05) is 5.92 Å². The van der Waals surface area contributed by atoms with Gasteiger partial charge in [-0.2, -0.15) is 0 Å². The number of hydrogen-bond acceptors (Lipinski definition) is 2. The minimum absolute atomic E-state index is 0.201. The first-order valence-electron chi connectivity index (χ1n) is 4.94. The van der Waals surface area contributed by atoms with Crippen molar-refractivity contribution in [1.82, 2.24) is 5.32 Å². The van der Waals surface area contributed by atoms with Crippen molar-refractivity contribution >= 4 is 5.91 Å². The first-order chi connectivity index (χ1) is 8.31. The zero-order chi connectivity index (χ0) is 13.8. The molecule has 0 radical (unpaired) electrons. The molecule has 0 heterocycles. The molecule has 0 aliphatic heterocycles. The van der Waals surface area contributed by atoms with Crippen LogP contribution in [0.25, 0.3) is 0 Å². The van der Waals surface area contributed by atoms with Gasteiger partial charge in [0, 0.05) is 5.56 Å². The molecule has 1 N–H and O–H groups in total. The number of alkyl halides is 3. The van der Waals surface area contributed by atoms with Crippen molar-refractivity contribution in [2.45, 2.75) is 19.3 Å². The average molecular weight is 257 g/mol. The maximum Gasteiger partial charge on any atom is 0.573 e. The van der Waals surface area contributed by atoms with Gasteiger partial charge in [0.25, 0.3) is 5.91 Å². The Labute approximate surface area is 102 Å². The predicted octanol–water partition coefficient (Wildman–Crippen LogP) is 2.34. The summed E-state index contributed by atoms with van der Waals surface area (Å²) >= 11 is 0. The number of ether oxygens (including phenoxy) is 1. The van der Waals surface area contributed by atoms with Gasteiger partial charge in [-0.05, 0) is 31.2 Å². The number of benzene rings is 1. The molecule has 0 fully saturated rings. The van der Waals surface area contributed by atoms with E-state index in [0.717, 1.165) is 12.1 Å². The van der Waals surface area contributed by atoms with Crippen LogP contribution in [-0.2, 0) is 0 Å². The molecule has 18 heavy (non-hydrogen) atoms. The summed E-state index contributed by atoms with van der Waals surface area (Å²) in [6, 6.07) is 4.11. The lowest BCUT2D eigenvalue weighted by Crippen LogP contribution is -2.31. The van der Waals surface area contributed by atoms with Crippen LogP contribution in [0.15, 0.2) is 24.3 Å². The summed E-state index contributed by atoms with van der Waals surface area (Å²) in [4.78, 5) is 11.5. The number of hydrogen-bond donors (Lipinski definition) is 1. The van der Waals surface area contributed by atoms with Crippen LogP contribution in [0.3, 0.4) is 0 Å². The van der Waals surface area contributed by atoms with E-state index in [-0.39, 0.29) is 11.3 Å². The van der Waals surface area contributed by atoms with E-state index in [0.29, 0.717) is 0 Å². The van der Waals surface area contributed by atoms with Crippen molar-refractivity contribution in [1.29, 1.82) is 0 Å². The van der Waals surface area contributed by atoms with Crippen LogP contribution >= 0.6 is 0 Å². The summed E-state index contributed by atoms with van der Waals surface area (Å²) < 4.78 is 39.4. The predicted molar refractivity (Wildman–Crippen MR) is 58.9 cm³/mol. The van der Waals surface area contributed by atoms with Crippen LogP contribution in [0.1, 0.15) is 17.3 Å². The average Bonchev–Trinajstić information content (AvgIpc) is 2.27. The van der Waals surface area contributed by atoms with Crippen LogP contribution in [0.4, 0.5) is 13.2 Å². The van der Waals surface area contributed by atoms with Crippen molar-refractivity contribution < 1.29 is 22.7 Å². The molecule has 1 amide bonds. The van der Waals surface area contributed by atoms with Gasteiger partial charge in [-0.15, -0.1) is 19.6 Å². The van der Waals surface area contributed by atoms with Crippen molar-refractivity contribution in [3.63, 3.8) is 0 Å². The maximum absolute atomic E-state index is 11.9. The topological polar surface area (TPSA) is 38.3 Å². The number of carbonyl (C=O) groups is 1. The third kappa shape index (κ3) is 4.37. The summed E-state index contributed by atoms with van der Waals surface area (Å²) in [7, 11) is 0. The quantitative estimate of drug-likeness (QED) is 0.844. The monoisotopic (exact) mass is 257 g/mol. The maximum atomic E-state index is 11.9. The highest BCUT2D eigenvalue weighted by molar-refractivity contribution is 5.94. The number of terminal acetylenes is 1. The second-order valence-corrected chi connectivity index (χ2v) is 3.43. The first kappa shape index (κ1) is 13.9. The summed E-state index contributed by atoms with van der Waals surface area (Å²) in [6.07, 6.45) is 0.334. The second-order valence-electron chi connectivity index (χ2n) is 3.43. The molecule has 0 aliphatic carbocycles. The molecule has 6 heteroatoms. The van der Waals surface area contributed by atoms with Crippen LogP contribution in [0.2, 0.25) is 0 Å². The Bertz CT molecular complexity index is 460. The van der Waals surface area contributed by atoms with Crippen molar-refractivity contribution in [2.75, 3.05) is 0 Å². The van der Waals surface area contributed by atoms with E-state index >= 15 is 0 Å². The molecule has 0 spiro atoms. The van der Waals surface area contributed by atoms with Gasteiger partial charge in [0.15, 0.2) is 0 Å². The van der Waals surface area contributed by atoms with E-state index in [9.17, 15) is 18.0 Å². The molecular weight excluding hydrogens is 247 g/mol. The highest BCUT2D eigenvalue weighted by Gasteiger charge is 2.31. The lowest BCUT2D eigenvalue weighted by atomic mass is 10.2. The molecule has 1 aromatic rings. The summed E-state index contributed by atoms with van der Waals surface area (Å²) in [5.74, 6) is 1.46. The molecule has 1 unspecified atom stereocenters. The molecule has 0 saturated carbocycles. The SMILES string of the molecule is C#CC(C)NC(=O)c1ccc(OC(F)(F)F)cc1. The van der Waals surface area contributed by atoms with Crippen LogP contribution in [-0.4, -0.2) is 18.3 Å². The molecule has 1 atom stereocenters. The lowest BCUT2D eigenvalue weighted by Gasteiger charge is -2.10. The fourth-order valence-corrected chi connectivity index (χ4v) is 1.13. The molecule has 3 nitrogen and oxygen atoms in total. The molecule has 0 aliphatic rings. The summed E-state index contributed by atoms with van der Waals surface area (Å²) in [5, 5.41) is 2.48. The largest absolute Gasteiger partial charge is 0.573 e. The van der Waals surface area contributed by atoms with Gasteiger partial charge in [0.05, 0.1) is 6.04 Å². The Morgan fingerprint density at radius 1 is 1.39 bits per heavy atom. The van der Waals surface area contributed by atoms with Gasteiger partial charge in [0.1, 0.15) is 5.75 Å². The van der Waals surface area contributed by atoms with Gasteiger partial charge in [-0.25, -0.2) is 0 Å². The number of nitrogens with one attached hydrogen (secondary N) is 1. The van der Waals surface area contributed by atoms with E-state index in [1.165, 1.54) is 12.1 Å². The van der Waals surface area contributed by atoms with Gasteiger partial charge in [0.2, 0.25) is 0 Å². The Hall–Kier alpha value is -2.16. The molecule has 0 aromatic heterocycles. The zero-order valence-corrected chi connectivity index (χ0v) is 9.41. The standard InChI is InChI=1S/C12H10F3NO2/c1-3-8(2)16-11(17)9-4-6-10(7-5-9)18-12(13,14)15/h1,4-8H,2H3,(H,16,17). The fourth-order valence-electron chi connectivity index (χ4n) is 1.13. The van der Waals surface area contributed by atoms with Crippen molar-refractivity contribution in [3.05, 3.63) is 29.8 Å². The molecule has 1 rings (SSSR count). The van der Waals surface area contributed by atoms with E-state index in [1.54, 1.807) is 6.92 Å². The Morgan fingerprint density at radius 3 is 2.39 bits per heavy atom. The number of halogens is 3. The van der Waals surface area contributed by atoms with Crippen LogP contribution < -0.4 is 10.1 Å². The van der Waals surface area contributed by atoms with Gasteiger partial charge in [-0.3, -0.25) is 4.79 Å². The van der Waals surface area contributed by atoms with Gasteiger partial charge < -0.3 is 10.1 Å².